The molecule has 0 bridgehead atoms. The molecule has 116 valence electrons. The van der Waals surface area contributed by atoms with Crippen molar-refractivity contribution in [2.24, 2.45) is 5.73 Å². The number of amides is 1. The van der Waals surface area contributed by atoms with E-state index in [9.17, 15) is 18.9 Å². The summed E-state index contributed by atoms with van der Waals surface area (Å²) >= 11 is 3.17. The molecule has 0 unspecified atom stereocenters. The van der Waals surface area contributed by atoms with Crippen molar-refractivity contribution in [1.29, 1.82) is 0 Å². The zero-order chi connectivity index (χ0) is 15.1. The first-order valence-electron chi connectivity index (χ1n) is 6.61. The molecule has 9 heteroatoms. The quantitative estimate of drug-likeness (QED) is 0.680. The number of rotatable bonds is 4. The predicted molar refractivity (Wildman–Crippen MR) is 84.5 cm³/mol. The van der Waals surface area contributed by atoms with Crippen LogP contribution in [0.5, 0.6) is 0 Å². The van der Waals surface area contributed by atoms with Gasteiger partial charge in [-0.2, -0.15) is 11.8 Å². The molecule has 3 aliphatic heterocycles. The number of carboxylic acids is 1. The van der Waals surface area contributed by atoms with Crippen LogP contribution in [0.4, 0.5) is 0 Å². The lowest BCUT2D eigenvalue weighted by molar-refractivity contribution is -0.147. The molecule has 0 aromatic heterocycles. The van der Waals surface area contributed by atoms with Crippen LogP contribution in [0.3, 0.4) is 0 Å². The largest absolute Gasteiger partial charge is 0.477 e. The van der Waals surface area contributed by atoms with Crippen LogP contribution in [0.2, 0.25) is 0 Å². The minimum Gasteiger partial charge on any atom is -0.477 e. The molecule has 3 N–H and O–H groups in total. The second-order valence-corrected chi connectivity index (χ2v) is 9.24. The highest BCUT2D eigenvalue weighted by Crippen LogP contribution is 2.40. The average Bonchev–Trinajstić information content (AvgIpc) is 2.88. The van der Waals surface area contributed by atoms with Gasteiger partial charge in [0.25, 0.3) is 0 Å². The van der Waals surface area contributed by atoms with Gasteiger partial charge in [0.15, 0.2) is 0 Å². The van der Waals surface area contributed by atoms with Crippen LogP contribution in [0.1, 0.15) is 6.42 Å². The number of fused-ring (bicyclic) bond motifs is 1. The molecule has 2 saturated heterocycles. The first-order valence-corrected chi connectivity index (χ1v) is 10.2. The minimum absolute atomic E-state index is 0.108. The van der Waals surface area contributed by atoms with Gasteiger partial charge < -0.3 is 10.8 Å². The highest BCUT2D eigenvalue weighted by atomic mass is 32.2. The summed E-state index contributed by atoms with van der Waals surface area (Å²) in [6.45, 7) is 0. The third-order valence-corrected chi connectivity index (χ3v) is 8.25. The molecule has 4 atom stereocenters. The SMILES string of the molecule is N[C@@H]1C(=O)N2C(C(=O)O)=C(CS[C@H]3CC[S@@](=O)C3)CS[C@@H]12. The lowest BCUT2D eigenvalue weighted by Gasteiger charge is -2.48. The summed E-state index contributed by atoms with van der Waals surface area (Å²) in [5, 5.41) is 9.49. The Morgan fingerprint density at radius 2 is 2.33 bits per heavy atom. The maximum Gasteiger partial charge on any atom is 0.352 e. The van der Waals surface area contributed by atoms with Crippen molar-refractivity contribution in [3.05, 3.63) is 11.3 Å². The molecular weight excluding hydrogens is 332 g/mol. The number of carbonyl (C=O) groups is 2. The first-order chi connectivity index (χ1) is 9.99. The van der Waals surface area contributed by atoms with Crippen LogP contribution in [-0.2, 0) is 20.4 Å². The molecule has 6 nitrogen and oxygen atoms in total. The van der Waals surface area contributed by atoms with E-state index in [1.54, 1.807) is 11.8 Å². The van der Waals surface area contributed by atoms with Crippen LogP contribution < -0.4 is 5.73 Å². The van der Waals surface area contributed by atoms with E-state index >= 15 is 0 Å². The second-order valence-electron chi connectivity index (χ2n) is 5.23. The number of hydrogen-bond donors (Lipinski definition) is 2. The van der Waals surface area contributed by atoms with Crippen molar-refractivity contribution in [2.45, 2.75) is 23.1 Å². The molecule has 0 aromatic carbocycles. The molecule has 21 heavy (non-hydrogen) atoms. The van der Waals surface area contributed by atoms with E-state index in [2.05, 4.69) is 0 Å². The molecular formula is C12H16N2O4S3. The summed E-state index contributed by atoms with van der Waals surface area (Å²) in [5.74, 6) is 1.21. The Bertz CT molecular complexity index is 551. The lowest BCUT2D eigenvalue weighted by Crippen LogP contribution is -2.68. The molecule has 3 rings (SSSR count). The smallest absolute Gasteiger partial charge is 0.352 e. The maximum atomic E-state index is 11.8. The topological polar surface area (TPSA) is 101 Å². The zero-order valence-corrected chi connectivity index (χ0v) is 13.6. The Labute approximate surface area is 133 Å². The molecule has 0 radical (unpaired) electrons. The van der Waals surface area contributed by atoms with Crippen LogP contribution in [0.15, 0.2) is 11.3 Å². The average molecular weight is 348 g/mol. The third kappa shape index (κ3) is 2.76. The fourth-order valence-corrected chi connectivity index (χ4v) is 7.34. The van der Waals surface area contributed by atoms with E-state index < -0.39 is 22.8 Å². The first kappa shape index (κ1) is 15.4. The Kier molecular flexibility index (Phi) is 4.35. The Balaban J connectivity index is 1.73. The van der Waals surface area contributed by atoms with E-state index in [0.29, 0.717) is 22.5 Å². The van der Waals surface area contributed by atoms with Gasteiger partial charge in [-0.3, -0.25) is 13.9 Å². The molecule has 2 fully saturated rings. The van der Waals surface area contributed by atoms with E-state index in [4.69, 9.17) is 5.73 Å². The van der Waals surface area contributed by atoms with Crippen molar-refractivity contribution >= 4 is 46.2 Å². The highest BCUT2D eigenvalue weighted by Gasteiger charge is 2.51. The Morgan fingerprint density at radius 3 is 2.95 bits per heavy atom. The minimum atomic E-state index is -1.06. The van der Waals surface area contributed by atoms with Crippen molar-refractivity contribution in [2.75, 3.05) is 23.0 Å². The third-order valence-electron chi connectivity index (χ3n) is 3.82. The number of hydrogen-bond acceptors (Lipinski definition) is 6. The van der Waals surface area contributed by atoms with Gasteiger partial charge in [0.2, 0.25) is 5.91 Å². The van der Waals surface area contributed by atoms with E-state index in [1.807, 2.05) is 0 Å². The van der Waals surface area contributed by atoms with Crippen LogP contribution in [-0.4, -0.2) is 65.8 Å². The van der Waals surface area contributed by atoms with Crippen molar-refractivity contribution in [3.8, 4) is 0 Å². The van der Waals surface area contributed by atoms with Crippen molar-refractivity contribution in [1.82, 2.24) is 4.90 Å². The Hall–Kier alpha value is -0.510. The second kappa shape index (κ2) is 5.94. The molecule has 3 heterocycles. The van der Waals surface area contributed by atoms with Gasteiger partial charge in [0, 0.05) is 39.1 Å². The van der Waals surface area contributed by atoms with Gasteiger partial charge in [0.05, 0.1) is 0 Å². The number of nitrogens with two attached hydrogens (primary N) is 1. The van der Waals surface area contributed by atoms with Gasteiger partial charge in [-0.1, -0.05) is 0 Å². The van der Waals surface area contributed by atoms with E-state index in [-0.39, 0.29) is 17.0 Å². The van der Waals surface area contributed by atoms with Gasteiger partial charge in [-0.05, 0) is 12.0 Å². The van der Waals surface area contributed by atoms with Crippen molar-refractivity contribution < 1.29 is 18.9 Å². The van der Waals surface area contributed by atoms with Gasteiger partial charge in [-0.15, -0.1) is 11.8 Å². The van der Waals surface area contributed by atoms with Crippen molar-refractivity contribution in [3.63, 3.8) is 0 Å². The molecule has 0 aromatic rings. The van der Waals surface area contributed by atoms with Crippen LogP contribution in [0.25, 0.3) is 0 Å². The number of aliphatic carboxylic acids is 1. The van der Waals surface area contributed by atoms with Gasteiger partial charge in [0.1, 0.15) is 17.1 Å². The number of β-lactam (4-membered cyclic amide) rings is 1. The summed E-state index contributed by atoms with van der Waals surface area (Å²) < 4.78 is 11.4. The lowest BCUT2D eigenvalue weighted by atomic mass is 10.0. The van der Waals surface area contributed by atoms with E-state index in [1.165, 1.54) is 16.7 Å². The zero-order valence-electron chi connectivity index (χ0n) is 11.2. The monoisotopic (exact) mass is 348 g/mol. The molecule has 3 aliphatic rings. The predicted octanol–water partition coefficient (Wildman–Crippen LogP) is -0.178. The number of carboxylic acid groups (broad SMARTS) is 1. The summed E-state index contributed by atoms with van der Waals surface area (Å²) in [7, 11) is -0.728. The molecule has 0 saturated carbocycles. The summed E-state index contributed by atoms with van der Waals surface area (Å²) in [5.41, 5.74) is 6.59. The fraction of sp³-hybridized carbons (Fsp3) is 0.667. The normalized spacial score (nSPS) is 35.7. The van der Waals surface area contributed by atoms with Gasteiger partial charge >= 0.3 is 5.97 Å². The summed E-state index contributed by atoms with van der Waals surface area (Å²) in [6, 6.07) is -0.587. The fourth-order valence-electron chi connectivity index (χ4n) is 2.68. The summed E-state index contributed by atoms with van der Waals surface area (Å²) in [6.07, 6.45) is 0.913. The van der Waals surface area contributed by atoms with Crippen LogP contribution in [0, 0.1) is 0 Å². The highest BCUT2D eigenvalue weighted by molar-refractivity contribution is 8.02. The molecule has 0 aliphatic carbocycles. The van der Waals surface area contributed by atoms with Gasteiger partial charge in [-0.25, -0.2) is 4.79 Å². The Morgan fingerprint density at radius 1 is 1.57 bits per heavy atom. The number of carbonyl (C=O) groups excluding carboxylic acids is 1. The maximum absolute atomic E-state index is 11.8. The standard InChI is InChI=1S/C12H16N2O4S3/c13-8-10(15)14-9(12(16)17)6(4-20-11(8)14)3-19-7-1-2-21(18)5-7/h7-8,11H,1-5,13H2,(H,16,17)/t7-,8+,11-,21+/m0/s1. The van der Waals surface area contributed by atoms with E-state index in [0.717, 1.165) is 17.7 Å². The molecule has 1 amide bonds. The van der Waals surface area contributed by atoms with Crippen LogP contribution >= 0.6 is 23.5 Å². The number of thioether (sulfide) groups is 2. The summed E-state index contributed by atoms with van der Waals surface area (Å²) in [4.78, 5) is 24.6. The molecule has 0 spiro atoms. The number of nitrogens with zero attached hydrogens (tertiary/aromatic N) is 1.